The topological polar surface area (TPSA) is 78.4 Å². The Balaban J connectivity index is 1.83. The number of carboxylic acids is 1. The van der Waals surface area contributed by atoms with Gasteiger partial charge in [0.15, 0.2) is 0 Å². The normalized spacial score (nSPS) is 12.5. The average Bonchev–Trinajstić information content (AvgIpc) is 2.54. The Morgan fingerprint density at radius 3 is 2.67 bits per heavy atom. The van der Waals surface area contributed by atoms with Crippen LogP contribution in [0, 0.1) is 0 Å². The standard InChI is InChI=1S/C18H22N4O2/c1-14(12-22(2)13-15-6-4-3-5-7-15)21-17-11-19-16(10-20-17)8-9-18(23)24/h3-11,14H,12-13H2,1-2H3,(H,20,21)(H,23,24)/t14-/m1/s1. The van der Waals surface area contributed by atoms with Crippen LogP contribution in [0.15, 0.2) is 48.8 Å². The van der Waals surface area contributed by atoms with Crippen molar-refractivity contribution in [1.29, 1.82) is 0 Å². The Morgan fingerprint density at radius 1 is 1.29 bits per heavy atom. The first kappa shape index (κ1) is 17.6. The van der Waals surface area contributed by atoms with Gasteiger partial charge in [0.05, 0.1) is 18.1 Å². The predicted molar refractivity (Wildman–Crippen MR) is 94.6 cm³/mol. The number of hydrogen-bond donors (Lipinski definition) is 2. The minimum Gasteiger partial charge on any atom is -0.478 e. The SMILES string of the molecule is C[C@H](CN(C)Cc1ccccc1)Nc1cnc(C=CC(=O)O)cn1. The number of likely N-dealkylation sites (N-methyl/N-ethyl adjacent to an activating group) is 1. The lowest BCUT2D eigenvalue weighted by Crippen LogP contribution is -2.32. The Hall–Kier alpha value is -2.73. The summed E-state index contributed by atoms with van der Waals surface area (Å²) in [6.07, 6.45) is 5.60. The molecule has 0 radical (unpaired) electrons. The number of aromatic nitrogens is 2. The van der Waals surface area contributed by atoms with Crippen LogP contribution >= 0.6 is 0 Å². The molecule has 6 heteroatoms. The van der Waals surface area contributed by atoms with Gasteiger partial charge in [-0.1, -0.05) is 30.3 Å². The molecule has 0 aliphatic carbocycles. The second-order valence-electron chi connectivity index (χ2n) is 5.73. The molecule has 0 fully saturated rings. The molecule has 24 heavy (non-hydrogen) atoms. The fourth-order valence-corrected chi connectivity index (χ4v) is 2.38. The van der Waals surface area contributed by atoms with E-state index in [1.54, 1.807) is 12.4 Å². The fraction of sp³-hybridized carbons (Fsp3) is 0.278. The summed E-state index contributed by atoms with van der Waals surface area (Å²) < 4.78 is 0. The van der Waals surface area contributed by atoms with E-state index < -0.39 is 5.97 Å². The zero-order chi connectivity index (χ0) is 17.4. The second kappa shape index (κ2) is 8.79. The van der Waals surface area contributed by atoms with E-state index in [0.29, 0.717) is 11.5 Å². The number of hydrogen-bond acceptors (Lipinski definition) is 5. The lowest BCUT2D eigenvalue weighted by Gasteiger charge is -2.22. The first-order valence-electron chi connectivity index (χ1n) is 7.75. The molecule has 1 aromatic heterocycles. The quantitative estimate of drug-likeness (QED) is 0.726. The van der Waals surface area contributed by atoms with Crippen LogP contribution in [-0.4, -0.2) is 45.6 Å². The maximum absolute atomic E-state index is 10.5. The molecular weight excluding hydrogens is 304 g/mol. The van der Waals surface area contributed by atoms with Gasteiger partial charge in [0, 0.05) is 25.2 Å². The predicted octanol–water partition coefficient (Wildman–Crippen LogP) is 2.51. The van der Waals surface area contributed by atoms with Gasteiger partial charge < -0.3 is 15.3 Å². The van der Waals surface area contributed by atoms with Gasteiger partial charge in [-0.3, -0.25) is 4.98 Å². The van der Waals surface area contributed by atoms with Gasteiger partial charge in [-0.15, -0.1) is 0 Å². The van der Waals surface area contributed by atoms with E-state index in [1.165, 1.54) is 11.6 Å². The summed E-state index contributed by atoms with van der Waals surface area (Å²) in [5.41, 5.74) is 1.79. The Kier molecular flexibility index (Phi) is 6.45. The Bertz CT molecular complexity index is 671. The molecule has 2 N–H and O–H groups in total. The molecule has 0 unspecified atom stereocenters. The third-order valence-corrected chi connectivity index (χ3v) is 3.34. The lowest BCUT2D eigenvalue weighted by atomic mass is 10.2. The molecule has 1 atom stereocenters. The van der Waals surface area contributed by atoms with Crippen LogP contribution in [0.25, 0.3) is 6.08 Å². The zero-order valence-corrected chi connectivity index (χ0v) is 13.9. The summed E-state index contributed by atoms with van der Waals surface area (Å²) in [5, 5.41) is 11.9. The van der Waals surface area contributed by atoms with E-state index >= 15 is 0 Å². The molecule has 0 saturated heterocycles. The van der Waals surface area contributed by atoms with E-state index in [9.17, 15) is 4.79 Å². The highest BCUT2D eigenvalue weighted by molar-refractivity contribution is 5.84. The summed E-state index contributed by atoms with van der Waals surface area (Å²) in [4.78, 5) is 21.1. The Morgan fingerprint density at radius 2 is 2.04 bits per heavy atom. The molecule has 0 bridgehead atoms. The van der Waals surface area contributed by atoms with Crippen molar-refractivity contribution >= 4 is 17.9 Å². The van der Waals surface area contributed by atoms with Crippen LogP contribution in [0.1, 0.15) is 18.2 Å². The number of carboxylic acid groups (broad SMARTS) is 1. The first-order chi connectivity index (χ1) is 11.5. The molecule has 6 nitrogen and oxygen atoms in total. The number of rotatable bonds is 8. The van der Waals surface area contributed by atoms with Gasteiger partial charge in [0.2, 0.25) is 0 Å². The van der Waals surface area contributed by atoms with Crippen LogP contribution in [-0.2, 0) is 11.3 Å². The zero-order valence-electron chi connectivity index (χ0n) is 13.9. The van der Waals surface area contributed by atoms with Gasteiger partial charge in [0.25, 0.3) is 0 Å². The fourth-order valence-electron chi connectivity index (χ4n) is 2.38. The maximum Gasteiger partial charge on any atom is 0.328 e. The molecule has 0 amide bonds. The number of benzene rings is 1. The minimum atomic E-state index is -1.01. The van der Waals surface area contributed by atoms with Crippen molar-refractivity contribution in [1.82, 2.24) is 14.9 Å². The van der Waals surface area contributed by atoms with Crippen LogP contribution in [0.3, 0.4) is 0 Å². The molecule has 1 aromatic carbocycles. The molecule has 2 aromatic rings. The highest BCUT2D eigenvalue weighted by Crippen LogP contribution is 2.07. The largest absolute Gasteiger partial charge is 0.478 e. The van der Waals surface area contributed by atoms with Crippen molar-refractivity contribution in [2.75, 3.05) is 18.9 Å². The molecule has 0 aliphatic heterocycles. The summed E-state index contributed by atoms with van der Waals surface area (Å²) in [6.45, 7) is 3.83. The van der Waals surface area contributed by atoms with Crippen molar-refractivity contribution < 1.29 is 9.90 Å². The van der Waals surface area contributed by atoms with Crippen LogP contribution in [0.4, 0.5) is 5.82 Å². The number of nitrogens with zero attached hydrogens (tertiary/aromatic N) is 3. The van der Waals surface area contributed by atoms with Crippen LogP contribution in [0.5, 0.6) is 0 Å². The summed E-state index contributed by atoms with van der Waals surface area (Å²) in [5.74, 6) is -0.336. The summed E-state index contributed by atoms with van der Waals surface area (Å²) in [6, 6.07) is 10.5. The molecule has 0 saturated carbocycles. The van der Waals surface area contributed by atoms with Crippen molar-refractivity contribution in [3.63, 3.8) is 0 Å². The van der Waals surface area contributed by atoms with E-state index in [1.807, 2.05) is 18.2 Å². The van der Waals surface area contributed by atoms with Gasteiger partial charge in [-0.05, 0) is 25.6 Å². The van der Waals surface area contributed by atoms with E-state index in [-0.39, 0.29) is 6.04 Å². The van der Waals surface area contributed by atoms with Crippen molar-refractivity contribution in [2.45, 2.75) is 19.5 Å². The lowest BCUT2D eigenvalue weighted by molar-refractivity contribution is -0.131. The monoisotopic (exact) mass is 326 g/mol. The van der Waals surface area contributed by atoms with Gasteiger partial charge in [0.1, 0.15) is 5.82 Å². The third-order valence-electron chi connectivity index (χ3n) is 3.34. The summed E-state index contributed by atoms with van der Waals surface area (Å²) in [7, 11) is 2.08. The van der Waals surface area contributed by atoms with Crippen LogP contribution < -0.4 is 5.32 Å². The Labute approximate surface area is 141 Å². The summed E-state index contributed by atoms with van der Waals surface area (Å²) >= 11 is 0. The third kappa shape index (κ3) is 6.18. The smallest absolute Gasteiger partial charge is 0.328 e. The molecule has 0 aliphatic rings. The van der Waals surface area contributed by atoms with E-state index in [4.69, 9.17) is 5.11 Å². The van der Waals surface area contributed by atoms with Gasteiger partial charge in [-0.2, -0.15) is 0 Å². The number of carbonyl (C=O) groups is 1. The number of aliphatic carboxylic acids is 1. The minimum absolute atomic E-state index is 0.202. The molecule has 2 rings (SSSR count). The van der Waals surface area contributed by atoms with E-state index in [2.05, 4.69) is 46.3 Å². The number of nitrogens with one attached hydrogen (secondary N) is 1. The highest BCUT2D eigenvalue weighted by atomic mass is 16.4. The van der Waals surface area contributed by atoms with E-state index in [0.717, 1.165) is 19.2 Å². The van der Waals surface area contributed by atoms with Gasteiger partial charge in [-0.25, -0.2) is 9.78 Å². The second-order valence-corrected chi connectivity index (χ2v) is 5.73. The van der Waals surface area contributed by atoms with Crippen LogP contribution in [0.2, 0.25) is 0 Å². The molecule has 126 valence electrons. The van der Waals surface area contributed by atoms with Crippen molar-refractivity contribution in [3.05, 3.63) is 60.1 Å². The van der Waals surface area contributed by atoms with Gasteiger partial charge >= 0.3 is 5.97 Å². The molecule has 0 spiro atoms. The molecule has 1 heterocycles. The van der Waals surface area contributed by atoms with Crippen molar-refractivity contribution in [3.8, 4) is 0 Å². The number of anilines is 1. The highest BCUT2D eigenvalue weighted by Gasteiger charge is 2.08. The maximum atomic E-state index is 10.5. The molecular formula is C18H22N4O2. The van der Waals surface area contributed by atoms with Crippen molar-refractivity contribution in [2.24, 2.45) is 0 Å². The first-order valence-corrected chi connectivity index (χ1v) is 7.75. The average molecular weight is 326 g/mol.